The summed E-state index contributed by atoms with van der Waals surface area (Å²) in [6, 6.07) is 1.80. The van der Waals surface area contributed by atoms with Crippen molar-refractivity contribution in [1.82, 2.24) is 14.8 Å². The zero-order valence-corrected chi connectivity index (χ0v) is 12.7. The summed E-state index contributed by atoms with van der Waals surface area (Å²) in [4.78, 5) is 20.6. The number of halogens is 1. The highest BCUT2D eigenvalue weighted by atomic mass is 35.5. The van der Waals surface area contributed by atoms with Gasteiger partial charge in [0.1, 0.15) is 5.82 Å². The van der Waals surface area contributed by atoms with Gasteiger partial charge in [0.2, 0.25) is 0 Å². The maximum atomic E-state index is 12.5. The lowest BCUT2D eigenvalue weighted by Crippen LogP contribution is -2.45. The van der Waals surface area contributed by atoms with E-state index in [1.165, 1.54) is 6.20 Å². The molecule has 110 valence electrons. The van der Waals surface area contributed by atoms with Gasteiger partial charge in [0, 0.05) is 32.4 Å². The van der Waals surface area contributed by atoms with E-state index >= 15 is 0 Å². The van der Waals surface area contributed by atoms with Crippen LogP contribution in [0.1, 0.15) is 30.1 Å². The van der Waals surface area contributed by atoms with Crippen LogP contribution in [-0.4, -0.2) is 53.4 Å². The molecule has 0 saturated carbocycles. The molecular formula is C14H21ClN4O. The summed E-state index contributed by atoms with van der Waals surface area (Å²) in [6.45, 7) is 5.29. The lowest BCUT2D eigenvalue weighted by atomic mass is 10.0. The Morgan fingerprint density at radius 1 is 1.55 bits per heavy atom. The van der Waals surface area contributed by atoms with Crippen molar-refractivity contribution < 1.29 is 4.79 Å². The number of nitrogens with zero attached hydrogens (tertiary/aromatic N) is 3. The number of hydrogen-bond donors (Lipinski definition) is 1. The van der Waals surface area contributed by atoms with Crippen LogP contribution in [0.5, 0.6) is 0 Å². The molecule has 20 heavy (non-hydrogen) atoms. The van der Waals surface area contributed by atoms with Gasteiger partial charge in [-0.25, -0.2) is 4.98 Å². The molecule has 1 saturated heterocycles. The number of likely N-dealkylation sites (tertiary alicyclic amines) is 1. The van der Waals surface area contributed by atoms with Gasteiger partial charge in [-0.05, 0) is 25.5 Å². The second-order valence-corrected chi connectivity index (χ2v) is 5.58. The topological polar surface area (TPSA) is 62.5 Å². The number of aromatic nitrogens is 1. The Kier molecular flexibility index (Phi) is 4.83. The highest BCUT2D eigenvalue weighted by molar-refractivity contribution is 6.33. The third-order valence-corrected chi connectivity index (χ3v) is 4.28. The van der Waals surface area contributed by atoms with E-state index in [0.717, 1.165) is 32.5 Å². The summed E-state index contributed by atoms with van der Waals surface area (Å²) < 4.78 is 0. The summed E-state index contributed by atoms with van der Waals surface area (Å²) in [5.74, 6) is 0.228. The van der Waals surface area contributed by atoms with E-state index in [0.29, 0.717) is 16.4 Å². The van der Waals surface area contributed by atoms with Crippen LogP contribution < -0.4 is 5.73 Å². The van der Waals surface area contributed by atoms with E-state index in [1.54, 1.807) is 11.0 Å². The number of carbonyl (C=O) groups is 1. The van der Waals surface area contributed by atoms with Crippen LogP contribution in [0, 0.1) is 0 Å². The van der Waals surface area contributed by atoms with Gasteiger partial charge >= 0.3 is 0 Å². The van der Waals surface area contributed by atoms with Crippen LogP contribution in [0.2, 0.25) is 5.02 Å². The first-order chi connectivity index (χ1) is 9.52. The van der Waals surface area contributed by atoms with Gasteiger partial charge in [-0.3, -0.25) is 4.79 Å². The van der Waals surface area contributed by atoms with E-state index in [4.69, 9.17) is 17.3 Å². The first-order valence-electron chi connectivity index (χ1n) is 6.93. The van der Waals surface area contributed by atoms with E-state index < -0.39 is 0 Å². The lowest BCUT2D eigenvalue weighted by molar-refractivity contribution is 0.0647. The summed E-state index contributed by atoms with van der Waals surface area (Å²) >= 11 is 6.05. The Labute approximate surface area is 124 Å². The molecule has 1 aliphatic rings. The number of rotatable bonds is 3. The fourth-order valence-electron chi connectivity index (χ4n) is 2.60. The second kappa shape index (κ2) is 6.41. The van der Waals surface area contributed by atoms with Crippen molar-refractivity contribution in [3.8, 4) is 0 Å². The molecule has 0 unspecified atom stereocenters. The maximum Gasteiger partial charge on any atom is 0.255 e. The third-order valence-electron chi connectivity index (χ3n) is 3.98. The number of anilines is 1. The Morgan fingerprint density at radius 2 is 2.20 bits per heavy atom. The molecule has 5 nitrogen and oxygen atoms in total. The van der Waals surface area contributed by atoms with Gasteiger partial charge in [0.25, 0.3) is 5.91 Å². The average molecular weight is 297 g/mol. The predicted molar refractivity (Wildman–Crippen MR) is 80.9 cm³/mol. The number of hydrogen-bond acceptors (Lipinski definition) is 4. The monoisotopic (exact) mass is 296 g/mol. The van der Waals surface area contributed by atoms with Gasteiger partial charge in [-0.2, -0.15) is 0 Å². The summed E-state index contributed by atoms with van der Waals surface area (Å²) in [7, 11) is 1.83. The highest BCUT2D eigenvalue weighted by Gasteiger charge is 2.26. The Balaban J connectivity index is 2.07. The number of pyridine rings is 1. The molecule has 0 aromatic carbocycles. The van der Waals surface area contributed by atoms with Crippen molar-refractivity contribution >= 4 is 23.3 Å². The molecule has 6 heteroatoms. The number of nitrogen functional groups attached to an aromatic ring is 1. The van der Waals surface area contributed by atoms with Crippen molar-refractivity contribution in [2.24, 2.45) is 0 Å². The zero-order valence-electron chi connectivity index (χ0n) is 12.0. The minimum absolute atomic E-state index is 0.0842. The van der Waals surface area contributed by atoms with Gasteiger partial charge in [-0.1, -0.05) is 18.5 Å². The van der Waals surface area contributed by atoms with Crippen molar-refractivity contribution in [2.75, 3.05) is 32.4 Å². The summed E-state index contributed by atoms with van der Waals surface area (Å²) in [5.41, 5.74) is 6.06. The second-order valence-electron chi connectivity index (χ2n) is 5.17. The standard InChI is InChI=1S/C14H21ClN4O/c1-3-19-6-4-10(5-7-19)18(2)14(20)11-8-13(16)17-9-12(11)15/h8-10H,3-7H2,1-2H3,(H2,16,17). The molecule has 0 radical (unpaired) electrons. The van der Waals surface area contributed by atoms with Crippen LogP contribution >= 0.6 is 11.6 Å². The van der Waals surface area contributed by atoms with E-state index in [-0.39, 0.29) is 11.9 Å². The molecule has 2 heterocycles. The summed E-state index contributed by atoms with van der Waals surface area (Å²) in [5, 5.41) is 0.349. The predicted octanol–water partition coefficient (Wildman–Crippen LogP) is 1.87. The molecule has 0 spiro atoms. The SMILES string of the molecule is CCN1CCC(N(C)C(=O)c2cc(N)ncc2Cl)CC1. The lowest BCUT2D eigenvalue weighted by Gasteiger charge is -2.36. The van der Waals surface area contributed by atoms with E-state index in [2.05, 4.69) is 16.8 Å². The normalized spacial score (nSPS) is 17.1. The minimum atomic E-state index is -0.0842. The molecule has 2 N–H and O–H groups in total. The van der Waals surface area contributed by atoms with Crippen molar-refractivity contribution in [3.63, 3.8) is 0 Å². The van der Waals surface area contributed by atoms with Gasteiger partial charge in [0.15, 0.2) is 0 Å². The molecule has 2 rings (SSSR count). The van der Waals surface area contributed by atoms with Crippen LogP contribution in [0.25, 0.3) is 0 Å². The molecule has 0 bridgehead atoms. The fraction of sp³-hybridized carbons (Fsp3) is 0.571. The first-order valence-corrected chi connectivity index (χ1v) is 7.31. The quantitative estimate of drug-likeness (QED) is 0.925. The van der Waals surface area contributed by atoms with Gasteiger partial charge in [0.05, 0.1) is 10.6 Å². The molecule has 0 atom stereocenters. The summed E-state index contributed by atoms with van der Waals surface area (Å²) in [6.07, 6.45) is 3.42. The number of piperidine rings is 1. The number of nitrogens with two attached hydrogens (primary N) is 1. The number of carbonyl (C=O) groups excluding carboxylic acids is 1. The zero-order chi connectivity index (χ0) is 14.7. The fourth-order valence-corrected chi connectivity index (χ4v) is 2.78. The van der Waals surface area contributed by atoms with Crippen molar-refractivity contribution in [2.45, 2.75) is 25.8 Å². The minimum Gasteiger partial charge on any atom is -0.384 e. The Hall–Kier alpha value is -1.33. The van der Waals surface area contributed by atoms with E-state index in [9.17, 15) is 4.79 Å². The number of amides is 1. The molecule has 1 aromatic heterocycles. The Bertz CT molecular complexity index is 486. The molecular weight excluding hydrogens is 276 g/mol. The average Bonchev–Trinajstić information content (AvgIpc) is 2.48. The first kappa shape index (κ1) is 15.1. The highest BCUT2D eigenvalue weighted by Crippen LogP contribution is 2.22. The molecule has 1 fully saturated rings. The van der Waals surface area contributed by atoms with Gasteiger partial charge < -0.3 is 15.5 Å². The van der Waals surface area contributed by atoms with Crippen LogP contribution in [-0.2, 0) is 0 Å². The molecule has 1 aliphatic heterocycles. The molecule has 1 amide bonds. The third kappa shape index (κ3) is 3.22. The van der Waals surface area contributed by atoms with Crippen LogP contribution in [0.15, 0.2) is 12.3 Å². The van der Waals surface area contributed by atoms with E-state index in [1.807, 2.05) is 7.05 Å². The van der Waals surface area contributed by atoms with Gasteiger partial charge in [-0.15, -0.1) is 0 Å². The largest absolute Gasteiger partial charge is 0.384 e. The molecule has 1 aromatic rings. The van der Waals surface area contributed by atoms with Crippen molar-refractivity contribution in [3.05, 3.63) is 22.8 Å². The van der Waals surface area contributed by atoms with Crippen LogP contribution in [0.4, 0.5) is 5.82 Å². The maximum absolute atomic E-state index is 12.5. The van der Waals surface area contributed by atoms with Crippen molar-refractivity contribution in [1.29, 1.82) is 0 Å². The smallest absolute Gasteiger partial charge is 0.255 e. The Morgan fingerprint density at radius 3 is 2.80 bits per heavy atom. The molecule has 0 aliphatic carbocycles. The van der Waals surface area contributed by atoms with Crippen LogP contribution in [0.3, 0.4) is 0 Å².